The monoisotopic (exact) mass is 467 g/mol. The van der Waals surface area contributed by atoms with Crippen LogP contribution in [0.15, 0.2) is 54.6 Å². The van der Waals surface area contributed by atoms with Gasteiger partial charge in [0.15, 0.2) is 0 Å². The summed E-state index contributed by atoms with van der Waals surface area (Å²) in [5.41, 5.74) is 1.68. The SMILES string of the molecule is Cc1ccc(O[C@H]2CCCC(NC(=O)OC(C)(C)C)C(=O)O[C@@H](C)[C@@H]2Cc2ccccc2)cc1. The van der Waals surface area contributed by atoms with Gasteiger partial charge in [-0.25, -0.2) is 9.59 Å². The Morgan fingerprint density at radius 2 is 1.74 bits per heavy atom. The molecule has 1 saturated heterocycles. The zero-order chi connectivity index (χ0) is 24.7. The van der Waals surface area contributed by atoms with E-state index in [0.29, 0.717) is 12.8 Å². The first kappa shape index (κ1) is 25.6. The number of cyclic esters (lactones) is 1. The Bertz CT molecular complexity index is 936. The summed E-state index contributed by atoms with van der Waals surface area (Å²) >= 11 is 0. The van der Waals surface area contributed by atoms with Crippen molar-refractivity contribution in [3.05, 3.63) is 65.7 Å². The van der Waals surface area contributed by atoms with E-state index < -0.39 is 29.8 Å². The minimum Gasteiger partial charge on any atom is -0.490 e. The number of carbonyl (C=O) groups excluding carboxylic acids is 2. The number of hydrogen-bond donors (Lipinski definition) is 1. The summed E-state index contributed by atoms with van der Waals surface area (Å²) in [4.78, 5) is 25.3. The zero-order valence-corrected chi connectivity index (χ0v) is 20.9. The van der Waals surface area contributed by atoms with Gasteiger partial charge in [-0.05, 0) is 78.0 Å². The molecule has 0 radical (unpaired) electrons. The predicted molar refractivity (Wildman–Crippen MR) is 132 cm³/mol. The van der Waals surface area contributed by atoms with E-state index in [2.05, 4.69) is 17.4 Å². The maximum atomic E-state index is 13.0. The van der Waals surface area contributed by atoms with Crippen LogP contribution in [0.3, 0.4) is 0 Å². The van der Waals surface area contributed by atoms with Crippen LogP contribution in [0.25, 0.3) is 0 Å². The summed E-state index contributed by atoms with van der Waals surface area (Å²) in [6.07, 6.45) is 1.44. The maximum Gasteiger partial charge on any atom is 0.408 e. The molecular formula is C28H37NO5. The summed E-state index contributed by atoms with van der Waals surface area (Å²) < 4.78 is 17.7. The molecule has 0 spiro atoms. The highest BCUT2D eigenvalue weighted by Gasteiger charge is 2.36. The van der Waals surface area contributed by atoms with E-state index in [0.717, 1.165) is 24.2 Å². The standard InChI is InChI=1S/C28H37NO5/c1-19-14-16-22(17-15-19)33-25-13-9-12-24(29-27(31)34-28(3,4)5)26(30)32-20(2)23(25)18-21-10-7-6-8-11-21/h6-8,10-11,14-17,20,23-25H,9,12-13,18H2,1-5H3,(H,29,31)/t20-,23-,24?,25-/m0/s1. The van der Waals surface area contributed by atoms with Gasteiger partial charge < -0.3 is 19.5 Å². The second-order valence-corrected chi connectivity index (χ2v) is 10.1. The number of aryl methyl sites for hydroxylation is 1. The van der Waals surface area contributed by atoms with Gasteiger partial charge in [-0.2, -0.15) is 0 Å². The van der Waals surface area contributed by atoms with Crippen molar-refractivity contribution in [2.75, 3.05) is 0 Å². The van der Waals surface area contributed by atoms with Crippen molar-refractivity contribution in [1.29, 1.82) is 0 Å². The molecule has 184 valence electrons. The van der Waals surface area contributed by atoms with Gasteiger partial charge in [0.2, 0.25) is 0 Å². The highest BCUT2D eigenvalue weighted by Crippen LogP contribution is 2.29. The average Bonchev–Trinajstić information content (AvgIpc) is 2.80. The molecule has 0 bridgehead atoms. The van der Waals surface area contributed by atoms with E-state index in [-0.39, 0.29) is 12.0 Å². The molecule has 1 amide bonds. The largest absolute Gasteiger partial charge is 0.490 e. The van der Waals surface area contributed by atoms with Crippen LogP contribution in [0.4, 0.5) is 4.79 Å². The van der Waals surface area contributed by atoms with E-state index in [1.165, 1.54) is 5.56 Å². The molecule has 1 heterocycles. The van der Waals surface area contributed by atoms with E-state index in [1.807, 2.05) is 56.3 Å². The van der Waals surface area contributed by atoms with E-state index in [9.17, 15) is 9.59 Å². The molecule has 34 heavy (non-hydrogen) atoms. The van der Waals surface area contributed by atoms with E-state index >= 15 is 0 Å². The van der Waals surface area contributed by atoms with Crippen molar-refractivity contribution in [1.82, 2.24) is 5.32 Å². The molecule has 1 N–H and O–H groups in total. The van der Waals surface area contributed by atoms with Crippen LogP contribution in [0.5, 0.6) is 5.75 Å². The topological polar surface area (TPSA) is 73.9 Å². The Balaban J connectivity index is 1.80. The van der Waals surface area contributed by atoms with Gasteiger partial charge in [-0.15, -0.1) is 0 Å². The third kappa shape index (κ3) is 7.79. The summed E-state index contributed by atoms with van der Waals surface area (Å²) in [6, 6.07) is 17.4. The third-order valence-corrected chi connectivity index (χ3v) is 5.96. The fourth-order valence-corrected chi connectivity index (χ4v) is 4.21. The number of amides is 1. The second kappa shape index (κ2) is 11.4. The van der Waals surface area contributed by atoms with Gasteiger partial charge in [0, 0.05) is 5.92 Å². The molecule has 1 fully saturated rings. The van der Waals surface area contributed by atoms with Crippen molar-refractivity contribution >= 4 is 12.1 Å². The molecule has 1 aliphatic rings. The second-order valence-electron chi connectivity index (χ2n) is 10.1. The first-order valence-corrected chi connectivity index (χ1v) is 12.1. The van der Waals surface area contributed by atoms with Gasteiger partial charge in [-0.1, -0.05) is 48.0 Å². The Morgan fingerprint density at radius 3 is 2.38 bits per heavy atom. The lowest BCUT2D eigenvalue weighted by Gasteiger charge is -2.31. The van der Waals surface area contributed by atoms with Crippen molar-refractivity contribution in [2.45, 2.75) is 84.2 Å². The molecular weight excluding hydrogens is 430 g/mol. The van der Waals surface area contributed by atoms with Crippen molar-refractivity contribution < 1.29 is 23.8 Å². The highest BCUT2D eigenvalue weighted by molar-refractivity contribution is 5.81. The predicted octanol–water partition coefficient (Wildman–Crippen LogP) is 5.61. The molecule has 0 aromatic heterocycles. The molecule has 0 saturated carbocycles. The van der Waals surface area contributed by atoms with Gasteiger partial charge in [-0.3, -0.25) is 0 Å². The molecule has 6 nitrogen and oxygen atoms in total. The summed E-state index contributed by atoms with van der Waals surface area (Å²) in [5, 5.41) is 2.70. The summed E-state index contributed by atoms with van der Waals surface area (Å²) in [5.74, 6) is 0.315. The number of esters is 1. The lowest BCUT2D eigenvalue weighted by Crippen LogP contribution is -2.45. The van der Waals surface area contributed by atoms with Crippen LogP contribution in [0, 0.1) is 12.8 Å². The molecule has 1 aliphatic heterocycles. The molecule has 2 aromatic rings. The number of nitrogens with one attached hydrogen (secondary N) is 1. The fourth-order valence-electron chi connectivity index (χ4n) is 4.21. The van der Waals surface area contributed by atoms with Crippen molar-refractivity contribution in [3.63, 3.8) is 0 Å². The van der Waals surface area contributed by atoms with Gasteiger partial charge >= 0.3 is 12.1 Å². The minimum absolute atomic E-state index is 0.0482. The minimum atomic E-state index is -0.757. The number of hydrogen-bond acceptors (Lipinski definition) is 5. The molecule has 1 unspecified atom stereocenters. The van der Waals surface area contributed by atoms with Crippen LogP contribution in [-0.2, 0) is 20.7 Å². The summed E-state index contributed by atoms with van der Waals surface area (Å²) in [7, 11) is 0. The number of benzene rings is 2. The summed E-state index contributed by atoms with van der Waals surface area (Å²) in [6.45, 7) is 9.32. The average molecular weight is 468 g/mol. The van der Waals surface area contributed by atoms with Crippen LogP contribution >= 0.6 is 0 Å². The van der Waals surface area contributed by atoms with Crippen LogP contribution < -0.4 is 10.1 Å². The number of carbonyl (C=O) groups is 2. The highest BCUT2D eigenvalue weighted by atomic mass is 16.6. The zero-order valence-electron chi connectivity index (χ0n) is 20.9. The van der Waals surface area contributed by atoms with Crippen LogP contribution in [0.2, 0.25) is 0 Å². The third-order valence-electron chi connectivity index (χ3n) is 5.96. The Labute approximate surface area is 203 Å². The maximum absolute atomic E-state index is 13.0. The quantitative estimate of drug-likeness (QED) is 0.579. The van der Waals surface area contributed by atoms with Gasteiger partial charge in [0.05, 0.1) is 0 Å². The molecule has 2 aromatic carbocycles. The molecule has 0 aliphatic carbocycles. The number of alkyl carbamates (subject to hydrolysis) is 1. The fraction of sp³-hybridized carbons (Fsp3) is 0.500. The Morgan fingerprint density at radius 1 is 1.06 bits per heavy atom. The lowest BCUT2D eigenvalue weighted by atomic mass is 9.87. The molecule has 4 atom stereocenters. The smallest absolute Gasteiger partial charge is 0.408 e. The number of ether oxygens (including phenoxy) is 3. The first-order chi connectivity index (χ1) is 16.1. The van der Waals surface area contributed by atoms with Crippen molar-refractivity contribution in [2.24, 2.45) is 5.92 Å². The van der Waals surface area contributed by atoms with Crippen molar-refractivity contribution in [3.8, 4) is 5.75 Å². The lowest BCUT2D eigenvalue weighted by molar-refractivity contribution is -0.154. The Kier molecular flexibility index (Phi) is 8.59. The molecule has 6 heteroatoms. The van der Waals surface area contributed by atoms with E-state index in [4.69, 9.17) is 14.2 Å². The number of rotatable bonds is 5. The normalized spacial score (nSPS) is 23.6. The van der Waals surface area contributed by atoms with Gasteiger partial charge in [0.25, 0.3) is 0 Å². The first-order valence-electron chi connectivity index (χ1n) is 12.1. The van der Waals surface area contributed by atoms with Gasteiger partial charge in [0.1, 0.15) is 29.6 Å². The Hall–Kier alpha value is -3.02. The van der Waals surface area contributed by atoms with Crippen LogP contribution in [0.1, 0.15) is 58.1 Å². The molecule has 3 rings (SSSR count). The van der Waals surface area contributed by atoms with Crippen LogP contribution in [-0.4, -0.2) is 35.9 Å². The van der Waals surface area contributed by atoms with E-state index in [1.54, 1.807) is 20.8 Å².